The molecule has 1 aliphatic rings. The summed E-state index contributed by atoms with van der Waals surface area (Å²) in [6, 6.07) is 5.70. The molecule has 0 amide bonds. The summed E-state index contributed by atoms with van der Waals surface area (Å²) < 4.78 is 13.2. The van der Waals surface area contributed by atoms with E-state index in [1.54, 1.807) is 6.92 Å². The molecule has 0 atom stereocenters. The first kappa shape index (κ1) is 12.4. The van der Waals surface area contributed by atoms with Crippen LogP contribution >= 0.6 is 0 Å². The number of hydrogen-bond donors (Lipinski definition) is 1. The first-order valence-electron chi connectivity index (χ1n) is 6.25. The molecule has 1 fully saturated rings. The normalized spacial score (nSPS) is 24.7. The molecular formula is C14H20FNO. The lowest BCUT2D eigenvalue weighted by Crippen LogP contribution is -2.36. The third-order valence-electron chi connectivity index (χ3n) is 3.76. The van der Waals surface area contributed by atoms with Crippen LogP contribution in [0.25, 0.3) is 0 Å². The minimum atomic E-state index is -0.152. The predicted molar refractivity (Wildman–Crippen MR) is 67.8 cm³/mol. The van der Waals surface area contributed by atoms with E-state index in [4.69, 9.17) is 0 Å². The summed E-state index contributed by atoms with van der Waals surface area (Å²) in [6.07, 6.45) is 3.63. The molecule has 0 saturated heterocycles. The van der Waals surface area contributed by atoms with Gasteiger partial charge in [-0.05, 0) is 56.4 Å². The van der Waals surface area contributed by atoms with Crippen LogP contribution in [-0.4, -0.2) is 24.3 Å². The highest BCUT2D eigenvalue weighted by Crippen LogP contribution is 2.27. The van der Waals surface area contributed by atoms with E-state index in [0.717, 1.165) is 31.4 Å². The summed E-state index contributed by atoms with van der Waals surface area (Å²) >= 11 is 0. The van der Waals surface area contributed by atoms with Gasteiger partial charge in [-0.25, -0.2) is 4.39 Å². The molecule has 2 rings (SSSR count). The summed E-state index contributed by atoms with van der Waals surface area (Å²) in [4.78, 5) is 2.21. The van der Waals surface area contributed by atoms with Gasteiger partial charge in [0.15, 0.2) is 0 Å². The molecule has 17 heavy (non-hydrogen) atoms. The van der Waals surface area contributed by atoms with Crippen molar-refractivity contribution in [2.24, 2.45) is 0 Å². The Labute approximate surface area is 102 Å². The molecule has 0 aromatic heterocycles. The van der Waals surface area contributed by atoms with Crippen LogP contribution in [0.5, 0.6) is 0 Å². The van der Waals surface area contributed by atoms with E-state index in [9.17, 15) is 9.50 Å². The van der Waals surface area contributed by atoms with Crippen molar-refractivity contribution in [1.29, 1.82) is 0 Å². The molecule has 1 aromatic rings. The summed E-state index contributed by atoms with van der Waals surface area (Å²) in [6.45, 7) is 1.79. The molecule has 94 valence electrons. The van der Waals surface area contributed by atoms with Crippen LogP contribution in [0.1, 0.15) is 31.2 Å². The van der Waals surface area contributed by atoms with Gasteiger partial charge in [-0.2, -0.15) is 0 Å². The van der Waals surface area contributed by atoms with Gasteiger partial charge in [0.1, 0.15) is 5.82 Å². The van der Waals surface area contributed by atoms with Crippen LogP contribution < -0.4 is 4.90 Å². The Morgan fingerprint density at radius 2 is 1.88 bits per heavy atom. The van der Waals surface area contributed by atoms with E-state index in [1.807, 2.05) is 12.1 Å². The number of aryl methyl sites for hydroxylation is 1. The molecule has 1 saturated carbocycles. The lowest BCUT2D eigenvalue weighted by atomic mass is 9.92. The van der Waals surface area contributed by atoms with Crippen LogP contribution in [0.3, 0.4) is 0 Å². The minimum absolute atomic E-state index is 0.130. The van der Waals surface area contributed by atoms with E-state index in [1.165, 1.54) is 6.07 Å². The van der Waals surface area contributed by atoms with Crippen molar-refractivity contribution >= 4 is 5.69 Å². The predicted octanol–water partition coefficient (Wildman–Crippen LogP) is 2.87. The second-order valence-electron chi connectivity index (χ2n) is 5.01. The van der Waals surface area contributed by atoms with E-state index >= 15 is 0 Å². The topological polar surface area (TPSA) is 23.5 Å². The van der Waals surface area contributed by atoms with Gasteiger partial charge in [-0.15, -0.1) is 0 Å². The molecule has 1 N–H and O–H groups in total. The zero-order valence-corrected chi connectivity index (χ0v) is 10.5. The summed E-state index contributed by atoms with van der Waals surface area (Å²) in [5.41, 5.74) is 1.75. The third kappa shape index (κ3) is 2.78. The standard InChI is InChI=1S/C14H20FNO/c1-10-9-12(5-8-14(10)15)16(2)11-3-6-13(17)7-4-11/h5,8-9,11,13,17H,3-4,6-7H2,1-2H3. The molecule has 0 aliphatic heterocycles. The Kier molecular flexibility index (Phi) is 3.67. The smallest absolute Gasteiger partial charge is 0.126 e. The Hall–Kier alpha value is -1.09. The van der Waals surface area contributed by atoms with E-state index in [-0.39, 0.29) is 11.9 Å². The zero-order chi connectivity index (χ0) is 12.4. The maximum atomic E-state index is 13.2. The van der Waals surface area contributed by atoms with Gasteiger partial charge in [0, 0.05) is 18.8 Å². The monoisotopic (exact) mass is 237 g/mol. The van der Waals surface area contributed by atoms with Crippen molar-refractivity contribution in [2.45, 2.75) is 44.8 Å². The first-order chi connectivity index (χ1) is 8.08. The molecule has 2 nitrogen and oxygen atoms in total. The number of nitrogens with zero attached hydrogens (tertiary/aromatic N) is 1. The first-order valence-corrected chi connectivity index (χ1v) is 6.25. The number of anilines is 1. The van der Waals surface area contributed by atoms with Crippen molar-refractivity contribution in [1.82, 2.24) is 0 Å². The highest BCUT2D eigenvalue weighted by molar-refractivity contribution is 5.49. The number of aliphatic hydroxyl groups is 1. The molecule has 0 spiro atoms. The minimum Gasteiger partial charge on any atom is -0.393 e. The molecule has 0 radical (unpaired) electrons. The van der Waals surface area contributed by atoms with E-state index in [2.05, 4.69) is 11.9 Å². The van der Waals surface area contributed by atoms with Crippen LogP contribution in [0.4, 0.5) is 10.1 Å². The van der Waals surface area contributed by atoms with Gasteiger partial charge < -0.3 is 10.0 Å². The average molecular weight is 237 g/mol. The fraction of sp³-hybridized carbons (Fsp3) is 0.571. The molecule has 0 heterocycles. The largest absolute Gasteiger partial charge is 0.393 e. The van der Waals surface area contributed by atoms with Crippen LogP contribution in [0, 0.1) is 12.7 Å². The second-order valence-corrected chi connectivity index (χ2v) is 5.01. The summed E-state index contributed by atoms with van der Waals surface area (Å²) in [7, 11) is 2.05. The average Bonchev–Trinajstić information content (AvgIpc) is 2.33. The van der Waals surface area contributed by atoms with Crippen LogP contribution in [0.15, 0.2) is 18.2 Å². The van der Waals surface area contributed by atoms with Gasteiger partial charge in [0.05, 0.1) is 6.10 Å². The van der Waals surface area contributed by atoms with Gasteiger partial charge in [-0.1, -0.05) is 0 Å². The maximum absolute atomic E-state index is 13.2. The van der Waals surface area contributed by atoms with E-state index < -0.39 is 0 Å². The van der Waals surface area contributed by atoms with E-state index in [0.29, 0.717) is 11.6 Å². The molecule has 0 unspecified atom stereocenters. The van der Waals surface area contributed by atoms with Crippen LogP contribution in [-0.2, 0) is 0 Å². The molecule has 0 bridgehead atoms. The van der Waals surface area contributed by atoms with Gasteiger partial charge in [0.2, 0.25) is 0 Å². The molecule has 3 heteroatoms. The number of halogens is 1. The fourth-order valence-electron chi connectivity index (χ4n) is 2.50. The highest BCUT2D eigenvalue weighted by atomic mass is 19.1. The summed E-state index contributed by atoms with van der Waals surface area (Å²) in [5.74, 6) is -0.152. The van der Waals surface area contributed by atoms with Crippen molar-refractivity contribution in [2.75, 3.05) is 11.9 Å². The van der Waals surface area contributed by atoms with Gasteiger partial charge in [0.25, 0.3) is 0 Å². The Morgan fingerprint density at radius 1 is 1.24 bits per heavy atom. The number of rotatable bonds is 2. The zero-order valence-electron chi connectivity index (χ0n) is 10.5. The lowest BCUT2D eigenvalue weighted by Gasteiger charge is -2.34. The quantitative estimate of drug-likeness (QED) is 0.855. The lowest BCUT2D eigenvalue weighted by molar-refractivity contribution is 0.122. The van der Waals surface area contributed by atoms with Crippen molar-refractivity contribution in [3.8, 4) is 0 Å². The Morgan fingerprint density at radius 3 is 2.47 bits per heavy atom. The Bertz CT molecular complexity index is 386. The third-order valence-corrected chi connectivity index (χ3v) is 3.76. The number of aliphatic hydroxyl groups excluding tert-OH is 1. The molecule has 1 aromatic carbocycles. The van der Waals surface area contributed by atoms with Crippen molar-refractivity contribution in [3.63, 3.8) is 0 Å². The number of hydrogen-bond acceptors (Lipinski definition) is 2. The van der Waals surface area contributed by atoms with Gasteiger partial charge in [-0.3, -0.25) is 0 Å². The number of benzene rings is 1. The Balaban J connectivity index is 2.08. The molecular weight excluding hydrogens is 217 g/mol. The van der Waals surface area contributed by atoms with Crippen molar-refractivity contribution < 1.29 is 9.50 Å². The maximum Gasteiger partial charge on any atom is 0.126 e. The molecule has 1 aliphatic carbocycles. The summed E-state index contributed by atoms with van der Waals surface area (Å²) in [5, 5.41) is 9.49. The van der Waals surface area contributed by atoms with Crippen LogP contribution in [0.2, 0.25) is 0 Å². The SMILES string of the molecule is Cc1cc(N(C)C2CCC(O)CC2)ccc1F. The van der Waals surface area contributed by atoms with Gasteiger partial charge >= 0.3 is 0 Å². The highest BCUT2D eigenvalue weighted by Gasteiger charge is 2.22. The van der Waals surface area contributed by atoms with Crippen molar-refractivity contribution in [3.05, 3.63) is 29.6 Å². The fourth-order valence-corrected chi connectivity index (χ4v) is 2.50. The second kappa shape index (κ2) is 5.05.